The van der Waals surface area contributed by atoms with Crippen LogP contribution in [0.2, 0.25) is 5.02 Å². The molecule has 134 valence electrons. The van der Waals surface area contributed by atoms with Crippen molar-refractivity contribution in [2.45, 2.75) is 25.7 Å². The number of amides is 2. The highest BCUT2D eigenvalue weighted by Crippen LogP contribution is 2.49. The average Bonchev–Trinajstić information content (AvgIpc) is 3.46. The van der Waals surface area contributed by atoms with E-state index in [-0.39, 0.29) is 16.8 Å². The SMILES string of the molecule is O=C(Nc1ccc(F)c(Cl)c1)C1(C(=O)N2CCCc3ccccc32)CC1. The first kappa shape index (κ1) is 17.0. The summed E-state index contributed by atoms with van der Waals surface area (Å²) in [5.41, 5.74) is 1.38. The van der Waals surface area contributed by atoms with Gasteiger partial charge in [0.05, 0.1) is 5.02 Å². The zero-order valence-corrected chi connectivity index (χ0v) is 14.9. The summed E-state index contributed by atoms with van der Waals surface area (Å²) in [6.07, 6.45) is 2.86. The molecule has 4 rings (SSSR count). The van der Waals surface area contributed by atoms with Crippen LogP contribution in [0.25, 0.3) is 0 Å². The third kappa shape index (κ3) is 2.86. The van der Waals surface area contributed by atoms with E-state index >= 15 is 0 Å². The molecule has 0 spiro atoms. The van der Waals surface area contributed by atoms with Crippen LogP contribution in [0, 0.1) is 11.2 Å². The number of benzene rings is 2. The maximum Gasteiger partial charge on any atom is 0.242 e. The molecule has 0 radical (unpaired) electrons. The van der Waals surface area contributed by atoms with Gasteiger partial charge in [0.25, 0.3) is 0 Å². The van der Waals surface area contributed by atoms with Gasteiger partial charge in [0.15, 0.2) is 0 Å². The Morgan fingerprint density at radius 3 is 2.65 bits per heavy atom. The number of aryl methyl sites for hydroxylation is 1. The molecule has 1 heterocycles. The number of rotatable bonds is 3. The zero-order valence-electron chi connectivity index (χ0n) is 14.1. The molecule has 2 amide bonds. The molecule has 0 saturated heterocycles. The summed E-state index contributed by atoms with van der Waals surface area (Å²) in [6, 6.07) is 11.8. The summed E-state index contributed by atoms with van der Waals surface area (Å²) in [4.78, 5) is 27.7. The van der Waals surface area contributed by atoms with Gasteiger partial charge in [-0.1, -0.05) is 29.8 Å². The molecule has 1 fully saturated rings. The summed E-state index contributed by atoms with van der Waals surface area (Å²) in [7, 11) is 0. The number of halogens is 2. The molecule has 0 atom stereocenters. The van der Waals surface area contributed by atoms with Gasteiger partial charge in [-0.05, 0) is 55.5 Å². The number of nitrogens with one attached hydrogen (secondary N) is 1. The van der Waals surface area contributed by atoms with Crippen LogP contribution in [0.15, 0.2) is 42.5 Å². The van der Waals surface area contributed by atoms with Crippen LogP contribution < -0.4 is 10.2 Å². The molecule has 26 heavy (non-hydrogen) atoms. The second-order valence-corrected chi connectivity index (χ2v) is 7.26. The number of para-hydroxylation sites is 1. The van der Waals surface area contributed by atoms with Crippen LogP contribution in [-0.2, 0) is 16.0 Å². The molecule has 2 aromatic rings. The van der Waals surface area contributed by atoms with E-state index in [9.17, 15) is 14.0 Å². The molecule has 2 aromatic carbocycles. The fourth-order valence-electron chi connectivity index (χ4n) is 3.49. The van der Waals surface area contributed by atoms with Gasteiger partial charge in [-0.25, -0.2) is 4.39 Å². The summed E-state index contributed by atoms with van der Waals surface area (Å²) >= 11 is 5.77. The number of carbonyl (C=O) groups is 2. The highest BCUT2D eigenvalue weighted by molar-refractivity contribution is 6.31. The van der Waals surface area contributed by atoms with Gasteiger partial charge in [0.1, 0.15) is 11.2 Å². The van der Waals surface area contributed by atoms with E-state index in [0.717, 1.165) is 24.1 Å². The maximum atomic E-state index is 13.3. The van der Waals surface area contributed by atoms with Crippen LogP contribution in [0.3, 0.4) is 0 Å². The van der Waals surface area contributed by atoms with Gasteiger partial charge in [0, 0.05) is 17.9 Å². The van der Waals surface area contributed by atoms with Crippen molar-refractivity contribution in [3.63, 3.8) is 0 Å². The fraction of sp³-hybridized carbons (Fsp3) is 0.300. The Bertz CT molecular complexity index is 895. The lowest BCUT2D eigenvalue weighted by Crippen LogP contribution is -2.45. The predicted octanol–water partition coefficient (Wildman–Crippen LogP) is 4.18. The standard InChI is InChI=1S/C20H18ClFN2O2/c21-15-12-14(7-8-16(15)22)23-18(25)20(9-10-20)19(26)24-11-3-5-13-4-1-2-6-17(13)24/h1-2,4,6-8,12H,3,5,9-11H2,(H,23,25). The third-order valence-electron chi connectivity index (χ3n) is 5.13. The second kappa shape index (κ2) is 6.40. The average molecular weight is 373 g/mol. The first-order chi connectivity index (χ1) is 12.5. The van der Waals surface area contributed by atoms with Crippen molar-refractivity contribution in [1.29, 1.82) is 0 Å². The Morgan fingerprint density at radius 1 is 1.15 bits per heavy atom. The van der Waals surface area contributed by atoms with Crippen molar-refractivity contribution in [3.8, 4) is 0 Å². The van der Waals surface area contributed by atoms with Gasteiger partial charge in [0.2, 0.25) is 11.8 Å². The van der Waals surface area contributed by atoms with Crippen molar-refractivity contribution in [2.24, 2.45) is 5.41 Å². The van der Waals surface area contributed by atoms with Gasteiger partial charge in [-0.2, -0.15) is 0 Å². The lowest BCUT2D eigenvalue weighted by molar-refractivity contribution is -0.132. The maximum absolute atomic E-state index is 13.3. The summed E-state index contributed by atoms with van der Waals surface area (Å²) < 4.78 is 13.3. The van der Waals surface area contributed by atoms with Gasteiger partial charge < -0.3 is 10.2 Å². The summed E-state index contributed by atoms with van der Waals surface area (Å²) in [5.74, 6) is -1.06. The Morgan fingerprint density at radius 2 is 1.92 bits per heavy atom. The molecule has 1 saturated carbocycles. The minimum atomic E-state index is -1.04. The minimum absolute atomic E-state index is 0.0658. The topological polar surface area (TPSA) is 49.4 Å². The minimum Gasteiger partial charge on any atom is -0.325 e. The summed E-state index contributed by atoms with van der Waals surface area (Å²) in [6.45, 7) is 0.618. The Labute approximate surface area is 155 Å². The largest absolute Gasteiger partial charge is 0.325 e. The molecule has 2 aliphatic rings. The van der Waals surface area contributed by atoms with Gasteiger partial charge in [-0.3, -0.25) is 9.59 Å². The molecule has 4 nitrogen and oxygen atoms in total. The molecule has 0 unspecified atom stereocenters. The third-order valence-corrected chi connectivity index (χ3v) is 5.42. The smallest absolute Gasteiger partial charge is 0.242 e. The quantitative estimate of drug-likeness (QED) is 0.822. The highest BCUT2D eigenvalue weighted by Gasteiger charge is 2.58. The van der Waals surface area contributed by atoms with Crippen LogP contribution >= 0.6 is 11.6 Å². The summed E-state index contributed by atoms with van der Waals surface area (Å²) in [5, 5.41) is 2.65. The Hall–Kier alpha value is -2.40. The molecule has 1 aliphatic carbocycles. The Kier molecular flexibility index (Phi) is 4.19. The molecule has 1 aliphatic heterocycles. The molecule has 1 N–H and O–H groups in total. The number of hydrogen-bond donors (Lipinski definition) is 1. The van der Waals surface area contributed by atoms with Crippen LogP contribution in [-0.4, -0.2) is 18.4 Å². The van der Waals surface area contributed by atoms with Crippen LogP contribution in [0.1, 0.15) is 24.8 Å². The van der Waals surface area contributed by atoms with Gasteiger partial charge >= 0.3 is 0 Å². The van der Waals surface area contributed by atoms with Gasteiger partial charge in [-0.15, -0.1) is 0 Å². The lowest BCUT2D eigenvalue weighted by Gasteiger charge is -2.32. The van der Waals surface area contributed by atoms with Crippen LogP contribution in [0.5, 0.6) is 0 Å². The van der Waals surface area contributed by atoms with Crippen molar-refractivity contribution in [2.75, 3.05) is 16.8 Å². The van der Waals surface area contributed by atoms with Crippen molar-refractivity contribution < 1.29 is 14.0 Å². The number of anilines is 2. The number of nitrogens with zero attached hydrogens (tertiary/aromatic N) is 1. The lowest BCUT2D eigenvalue weighted by atomic mass is 9.97. The van der Waals surface area contributed by atoms with E-state index in [1.54, 1.807) is 4.90 Å². The first-order valence-electron chi connectivity index (χ1n) is 8.68. The van der Waals surface area contributed by atoms with E-state index in [2.05, 4.69) is 5.32 Å². The van der Waals surface area contributed by atoms with E-state index in [4.69, 9.17) is 11.6 Å². The molecule has 6 heteroatoms. The predicted molar refractivity (Wildman–Crippen MR) is 98.8 cm³/mol. The fourth-order valence-corrected chi connectivity index (χ4v) is 3.67. The molecular formula is C20H18ClFN2O2. The molecule has 0 bridgehead atoms. The number of carbonyl (C=O) groups excluding carboxylic acids is 2. The van der Waals surface area contributed by atoms with Crippen LogP contribution in [0.4, 0.5) is 15.8 Å². The van der Waals surface area contributed by atoms with Crippen molar-refractivity contribution in [3.05, 3.63) is 58.9 Å². The van der Waals surface area contributed by atoms with E-state index in [1.807, 2.05) is 24.3 Å². The van der Waals surface area contributed by atoms with E-state index in [0.29, 0.717) is 25.1 Å². The Balaban J connectivity index is 1.56. The normalized spacial score (nSPS) is 17.4. The van der Waals surface area contributed by atoms with Crippen molar-refractivity contribution in [1.82, 2.24) is 0 Å². The molecule has 0 aromatic heterocycles. The second-order valence-electron chi connectivity index (χ2n) is 6.85. The number of hydrogen-bond acceptors (Lipinski definition) is 2. The molecular weight excluding hydrogens is 355 g/mol. The highest BCUT2D eigenvalue weighted by atomic mass is 35.5. The number of fused-ring (bicyclic) bond motifs is 1. The van der Waals surface area contributed by atoms with Crippen molar-refractivity contribution >= 4 is 34.8 Å². The van der Waals surface area contributed by atoms with E-state index in [1.165, 1.54) is 18.2 Å². The monoisotopic (exact) mass is 372 g/mol. The first-order valence-corrected chi connectivity index (χ1v) is 9.05. The zero-order chi connectivity index (χ0) is 18.3. The van der Waals surface area contributed by atoms with E-state index < -0.39 is 11.2 Å².